The molecule has 1 N–H and O–H groups in total. The van der Waals surface area contributed by atoms with Crippen molar-refractivity contribution in [3.05, 3.63) is 12.7 Å². The van der Waals surface area contributed by atoms with E-state index in [1.165, 1.54) is 0 Å². The first-order chi connectivity index (χ1) is 6.37. The first kappa shape index (κ1) is 13.7. The third-order valence-electron chi connectivity index (χ3n) is 2.20. The summed E-state index contributed by atoms with van der Waals surface area (Å²) in [7, 11) is 2.19. The summed E-state index contributed by atoms with van der Waals surface area (Å²) in [4.78, 5) is 2.40. The highest BCUT2D eigenvalue weighted by molar-refractivity contribution is 4.75. The molecule has 2 heteroatoms. The highest BCUT2D eigenvalue weighted by Gasteiger charge is 2.16. The largest absolute Gasteiger partial charge is 0.312 e. The summed E-state index contributed by atoms with van der Waals surface area (Å²) in [5.74, 6) is 0. The summed E-state index contributed by atoms with van der Waals surface area (Å²) in [5, 5.41) is 3.34. The molecule has 0 aliphatic heterocycles. The van der Waals surface area contributed by atoms with E-state index in [0.717, 1.165) is 19.6 Å². The fraction of sp³-hybridized carbons (Fsp3) is 0.833. The van der Waals surface area contributed by atoms with E-state index >= 15 is 0 Å². The molecule has 0 aromatic carbocycles. The van der Waals surface area contributed by atoms with Gasteiger partial charge >= 0.3 is 0 Å². The molecule has 0 aliphatic rings. The maximum absolute atomic E-state index is 3.69. The Morgan fingerprint density at radius 3 is 2.43 bits per heavy atom. The molecule has 0 aliphatic carbocycles. The van der Waals surface area contributed by atoms with Crippen LogP contribution in [0, 0.1) is 5.41 Å². The van der Waals surface area contributed by atoms with Crippen LogP contribution in [0.5, 0.6) is 0 Å². The molecule has 0 aromatic heterocycles. The van der Waals surface area contributed by atoms with Crippen LogP contribution in [0.2, 0.25) is 0 Å². The van der Waals surface area contributed by atoms with E-state index in [0.29, 0.717) is 11.5 Å². The summed E-state index contributed by atoms with van der Waals surface area (Å²) in [6.07, 6.45) is 1.90. The van der Waals surface area contributed by atoms with Crippen LogP contribution in [0.25, 0.3) is 0 Å². The van der Waals surface area contributed by atoms with Gasteiger partial charge < -0.3 is 10.2 Å². The average molecular weight is 198 g/mol. The summed E-state index contributed by atoms with van der Waals surface area (Å²) < 4.78 is 0. The molecule has 1 unspecified atom stereocenters. The Morgan fingerprint density at radius 1 is 1.43 bits per heavy atom. The predicted molar refractivity (Wildman–Crippen MR) is 64.6 cm³/mol. The monoisotopic (exact) mass is 198 g/mol. The molecule has 0 bridgehead atoms. The van der Waals surface area contributed by atoms with E-state index in [1.54, 1.807) is 0 Å². The van der Waals surface area contributed by atoms with Crippen molar-refractivity contribution in [1.82, 2.24) is 10.2 Å². The van der Waals surface area contributed by atoms with Gasteiger partial charge in [0, 0.05) is 25.7 Å². The van der Waals surface area contributed by atoms with E-state index < -0.39 is 0 Å². The fourth-order valence-electron chi connectivity index (χ4n) is 1.45. The van der Waals surface area contributed by atoms with Crippen LogP contribution in [0.1, 0.15) is 27.7 Å². The standard InChI is InChI=1S/C12H26N2/c1-7-8-13-9-11(2)14(6)10-12(3,4)5/h7,11,13H,1,8-10H2,2-6H3. The van der Waals surface area contributed by atoms with Gasteiger partial charge in [-0.15, -0.1) is 6.58 Å². The normalized spacial score (nSPS) is 14.4. The Kier molecular flexibility index (Phi) is 6.05. The lowest BCUT2D eigenvalue weighted by atomic mass is 9.96. The third kappa shape index (κ3) is 7.10. The highest BCUT2D eigenvalue weighted by atomic mass is 15.1. The number of nitrogens with one attached hydrogen (secondary N) is 1. The van der Waals surface area contributed by atoms with Gasteiger partial charge in [-0.1, -0.05) is 26.8 Å². The minimum absolute atomic E-state index is 0.376. The molecule has 0 radical (unpaired) electrons. The van der Waals surface area contributed by atoms with Gasteiger partial charge in [0.2, 0.25) is 0 Å². The Labute approximate surface area is 89.4 Å². The predicted octanol–water partition coefficient (Wildman–Crippen LogP) is 2.13. The summed E-state index contributed by atoms with van der Waals surface area (Å²) >= 11 is 0. The van der Waals surface area contributed by atoms with Gasteiger partial charge in [0.1, 0.15) is 0 Å². The van der Waals surface area contributed by atoms with Crippen molar-refractivity contribution in [3.63, 3.8) is 0 Å². The van der Waals surface area contributed by atoms with Gasteiger partial charge in [-0.05, 0) is 19.4 Å². The molecule has 0 saturated carbocycles. The second-order valence-electron chi connectivity index (χ2n) is 5.27. The molecular formula is C12H26N2. The highest BCUT2D eigenvalue weighted by Crippen LogP contribution is 2.15. The van der Waals surface area contributed by atoms with Gasteiger partial charge in [0.05, 0.1) is 0 Å². The van der Waals surface area contributed by atoms with E-state index in [2.05, 4.69) is 51.5 Å². The molecule has 0 saturated heterocycles. The minimum atomic E-state index is 0.376. The van der Waals surface area contributed by atoms with Gasteiger partial charge in [-0.3, -0.25) is 0 Å². The molecule has 2 nitrogen and oxygen atoms in total. The van der Waals surface area contributed by atoms with Crippen LogP contribution < -0.4 is 5.32 Å². The quantitative estimate of drug-likeness (QED) is 0.519. The van der Waals surface area contributed by atoms with Crippen LogP contribution in [-0.4, -0.2) is 37.6 Å². The number of rotatable bonds is 6. The zero-order valence-corrected chi connectivity index (χ0v) is 10.4. The average Bonchev–Trinajstić information content (AvgIpc) is 2.01. The van der Waals surface area contributed by atoms with Crippen LogP contribution in [0.4, 0.5) is 0 Å². The molecule has 0 heterocycles. The topological polar surface area (TPSA) is 15.3 Å². The molecule has 0 spiro atoms. The molecule has 0 amide bonds. The van der Waals surface area contributed by atoms with Crippen molar-refractivity contribution < 1.29 is 0 Å². The number of nitrogens with zero attached hydrogens (tertiary/aromatic N) is 1. The maximum atomic E-state index is 3.69. The van der Waals surface area contributed by atoms with Crippen molar-refractivity contribution in [2.75, 3.05) is 26.7 Å². The smallest absolute Gasteiger partial charge is 0.0189 e. The summed E-state index contributed by atoms with van der Waals surface area (Å²) in [5.41, 5.74) is 0.376. The van der Waals surface area contributed by atoms with E-state index in [4.69, 9.17) is 0 Å². The molecular weight excluding hydrogens is 172 g/mol. The summed E-state index contributed by atoms with van der Waals surface area (Å²) in [6.45, 7) is 15.8. The number of hydrogen-bond acceptors (Lipinski definition) is 2. The van der Waals surface area contributed by atoms with Gasteiger partial charge in [-0.25, -0.2) is 0 Å². The van der Waals surface area contributed by atoms with Crippen molar-refractivity contribution >= 4 is 0 Å². The van der Waals surface area contributed by atoms with Crippen molar-refractivity contribution in [1.29, 1.82) is 0 Å². The zero-order valence-electron chi connectivity index (χ0n) is 10.4. The fourth-order valence-corrected chi connectivity index (χ4v) is 1.45. The first-order valence-corrected chi connectivity index (χ1v) is 5.38. The molecule has 0 aromatic rings. The zero-order chi connectivity index (χ0) is 11.2. The number of likely N-dealkylation sites (N-methyl/N-ethyl adjacent to an activating group) is 1. The SMILES string of the molecule is C=CCNCC(C)N(C)CC(C)(C)C. The first-order valence-electron chi connectivity index (χ1n) is 5.38. The van der Waals surface area contributed by atoms with E-state index in [9.17, 15) is 0 Å². The lowest BCUT2D eigenvalue weighted by Crippen LogP contribution is -2.41. The van der Waals surface area contributed by atoms with E-state index in [1.807, 2.05) is 6.08 Å². The van der Waals surface area contributed by atoms with Crippen LogP contribution in [-0.2, 0) is 0 Å². The lowest BCUT2D eigenvalue weighted by Gasteiger charge is -2.31. The van der Waals surface area contributed by atoms with Crippen molar-refractivity contribution in [3.8, 4) is 0 Å². The lowest BCUT2D eigenvalue weighted by molar-refractivity contribution is 0.179. The van der Waals surface area contributed by atoms with Crippen LogP contribution in [0.3, 0.4) is 0 Å². The second-order valence-corrected chi connectivity index (χ2v) is 5.27. The van der Waals surface area contributed by atoms with E-state index in [-0.39, 0.29) is 0 Å². The molecule has 0 rings (SSSR count). The van der Waals surface area contributed by atoms with Gasteiger partial charge in [0.15, 0.2) is 0 Å². The van der Waals surface area contributed by atoms with Crippen LogP contribution in [0.15, 0.2) is 12.7 Å². The van der Waals surface area contributed by atoms with Crippen molar-refractivity contribution in [2.24, 2.45) is 5.41 Å². The van der Waals surface area contributed by atoms with Crippen molar-refractivity contribution in [2.45, 2.75) is 33.7 Å². The minimum Gasteiger partial charge on any atom is -0.312 e. The Hall–Kier alpha value is -0.340. The Morgan fingerprint density at radius 2 is 2.00 bits per heavy atom. The number of hydrogen-bond donors (Lipinski definition) is 1. The Bertz CT molecular complexity index is 158. The molecule has 84 valence electrons. The third-order valence-corrected chi connectivity index (χ3v) is 2.20. The van der Waals surface area contributed by atoms with Crippen LogP contribution >= 0.6 is 0 Å². The van der Waals surface area contributed by atoms with Gasteiger partial charge in [0.25, 0.3) is 0 Å². The second kappa shape index (κ2) is 6.20. The molecule has 0 fully saturated rings. The molecule has 1 atom stereocenters. The van der Waals surface area contributed by atoms with Gasteiger partial charge in [-0.2, -0.15) is 0 Å². The summed E-state index contributed by atoms with van der Waals surface area (Å²) in [6, 6.07) is 0.578. The molecule has 14 heavy (non-hydrogen) atoms. The maximum Gasteiger partial charge on any atom is 0.0189 e. The Balaban J connectivity index is 3.75.